The maximum absolute atomic E-state index is 13.1. The number of hydrogen-bond donors (Lipinski definition) is 2. The van der Waals surface area contributed by atoms with Crippen molar-refractivity contribution in [3.05, 3.63) is 73.7 Å². The number of quaternary nitrogens is 1. The van der Waals surface area contributed by atoms with Crippen LogP contribution in [0, 0.1) is 10.1 Å². The third kappa shape index (κ3) is 4.20. The molecule has 1 amide bonds. The van der Waals surface area contributed by atoms with E-state index in [1.807, 2.05) is 14.1 Å². The van der Waals surface area contributed by atoms with E-state index in [1.165, 1.54) is 39.3 Å². The first-order valence-corrected chi connectivity index (χ1v) is 10.0. The predicted octanol–water partition coefficient (Wildman–Crippen LogP) is 1.77. The Bertz CT molecular complexity index is 968. The highest BCUT2D eigenvalue weighted by Crippen LogP contribution is 2.40. The SMILES string of the molecule is C[NH+](C)CCCN1C(=O)C(O)=C(C(=O)c2cccs2)[C@@H]1c1cccc([N+](=O)[O-])c1. The van der Waals surface area contributed by atoms with Crippen LogP contribution in [0.15, 0.2) is 53.1 Å². The molecule has 0 fully saturated rings. The van der Waals surface area contributed by atoms with Gasteiger partial charge in [0.15, 0.2) is 5.76 Å². The van der Waals surface area contributed by atoms with Crippen molar-refractivity contribution in [2.24, 2.45) is 0 Å². The van der Waals surface area contributed by atoms with E-state index in [4.69, 9.17) is 0 Å². The van der Waals surface area contributed by atoms with Crippen LogP contribution in [0.5, 0.6) is 0 Å². The van der Waals surface area contributed by atoms with Crippen molar-refractivity contribution < 1.29 is 24.5 Å². The normalized spacial score (nSPS) is 16.7. The molecule has 2 N–H and O–H groups in total. The number of aliphatic hydroxyl groups is 1. The fourth-order valence-corrected chi connectivity index (χ4v) is 4.09. The Kier molecular flexibility index (Phi) is 6.09. The fraction of sp³-hybridized carbons (Fsp3) is 0.300. The Morgan fingerprint density at radius 2 is 2.07 bits per heavy atom. The van der Waals surface area contributed by atoms with E-state index in [0.717, 1.165) is 6.54 Å². The number of non-ortho nitro benzene ring substituents is 1. The smallest absolute Gasteiger partial charge is 0.290 e. The van der Waals surface area contributed by atoms with Crippen molar-refractivity contribution in [2.75, 3.05) is 27.2 Å². The van der Waals surface area contributed by atoms with Crippen LogP contribution in [-0.2, 0) is 4.79 Å². The van der Waals surface area contributed by atoms with Gasteiger partial charge in [-0.3, -0.25) is 19.7 Å². The zero-order valence-corrected chi connectivity index (χ0v) is 16.9. The van der Waals surface area contributed by atoms with Crippen LogP contribution in [0.3, 0.4) is 0 Å². The number of Topliss-reactive ketones (excluding diaryl/α,β-unsaturated/α-hetero) is 1. The summed E-state index contributed by atoms with van der Waals surface area (Å²) in [5.74, 6) is -1.66. The number of thiophene rings is 1. The summed E-state index contributed by atoms with van der Waals surface area (Å²) >= 11 is 1.21. The number of amides is 1. The van der Waals surface area contributed by atoms with E-state index < -0.39 is 28.4 Å². The van der Waals surface area contributed by atoms with Crippen LogP contribution in [0.1, 0.15) is 27.7 Å². The lowest BCUT2D eigenvalue weighted by Gasteiger charge is -2.26. The third-order valence-electron chi connectivity index (χ3n) is 4.77. The molecule has 1 aromatic heterocycles. The molecule has 0 unspecified atom stereocenters. The lowest BCUT2D eigenvalue weighted by atomic mass is 9.95. The molecular formula is C20H22N3O5S+. The Balaban J connectivity index is 2.04. The minimum Gasteiger partial charge on any atom is -0.503 e. The van der Waals surface area contributed by atoms with Gasteiger partial charge in [-0.15, -0.1) is 11.3 Å². The van der Waals surface area contributed by atoms with Gasteiger partial charge in [-0.25, -0.2) is 0 Å². The molecule has 8 nitrogen and oxygen atoms in total. The average molecular weight is 416 g/mol. The Morgan fingerprint density at radius 1 is 1.31 bits per heavy atom. The number of nitro groups is 1. The monoisotopic (exact) mass is 416 g/mol. The van der Waals surface area contributed by atoms with Gasteiger partial charge in [-0.2, -0.15) is 0 Å². The van der Waals surface area contributed by atoms with E-state index in [2.05, 4.69) is 0 Å². The Labute approximate surface area is 171 Å². The van der Waals surface area contributed by atoms with E-state index >= 15 is 0 Å². The summed E-state index contributed by atoms with van der Waals surface area (Å²) in [7, 11) is 3.98. The standard InChI is InChI=1S/C20H21N3O5S/c1-21(2)9-5-10-22-17(13-6-3-7-14(12-13)23(27)28)16(19(25)20(22)26)18(24)15-8-4-11-29-15/h3-4,6-8,11-12,17,25H,5,9-10H2,1-2H3/p+1/t17-/m0/s1. The van der Waals surface area contributed by atoms with Gasteiger partial charge in [-0.05, 0) is 17.0 Å². The number of hydrogen-bond acceptors (Lipinski definition) is 6. The van der Waals surface area contributed by atoms with E-state index in [9.17, 15) is 24.8 Å². The minimum atomic E-state index is -0.867. The van der Waals surface area contributed by atoms with Gasteiger partial charge in [0, 0.05) is 25.1 Å². The van der Waals surface area contributed by atoms with Crippen molar-refractivity contribution in [3.8, 4) is 0 Å². The quantitative estimate of drug-likeness (QED) is 0.388. The summed E-state index contributed by atoms with van der Waals surface area (Å²) in [6.07, 6.45) is 0.660. The molecule has 0 saturated carbocycles. The maximum atomic E-state index is 13.1. The Morgan fingerprint density at radius 3 is 2.69 bits per heavy atom. The zero-order valence-electron chi connectivity index (χ0n) is 16.1. The van der Waals surface area contributed by atoms with Gasteiger partial charge < -0.3 is 14.9 Å². The molecule has 2 aromatic rings. The van der Waals surface area contributed by atoms with Gasteiger partial charge in [0.25, 0.3) is 11.6 Å². The number of rotatable bonds is 8. The third-order valence-corrected chi connectivity index (χ3v) is 5.63. The van der Waals surface area contributed by atoms with Gasteiger partial charge in [0.2, 0.25) is 5.78 Å². The molecular weight excluding hydrogens is 394 g/mol. The number of nitro benzene ring substituents is 1. The van der Waals surface area contributed by atoms with Crippen molar-refractivity contribution in [3.63, 3.8) is 0 Å². The van der Waals surface area contributed by atoms with Crippen molar-refractivity contribution >= 4 is 28.7 Å². The molecule has 0 radical (unpaired) electrons. The number of aliphatic hydroxyl groups excluding tert-OH is 1. The zero-order chi connectivity index (χ0) is 21.1. The van der Waals surface area contributed by atoms with Crippen molar-refractivity contribution in [1.29, 1.82) is 0 Å². The molecule has 2 heterocycles. The number of nitrogens with zero attached hydrogens (tertiary/aromatic N) is 2. The molecule has 0 spiro atoms. The largest absolute Gasteiger partial charge is 0.503 e. The maximum Gasteiger partial charge on any atom is 0.290 e. The van der Waals surface area contributed by atoms with E-state index in [1.54, 1.807) is 23.6 Å². The first-order chi connectivity index (χ1) is 13.8. The summed E-state index contributed by atoms with van der Waals surface area (Å²) in [6, 6.07) is 8.33. The second-order valence-electron chi connectivity index (χ2n) is 7.13. The first kappa shape index (κ1) is 20.7. The molecule has 1 atom stereocenters. The summed E-state index contributed by atoms with van der Waals surface area (Å²) < 4.78 is 0. The summed E-state index contributed by atoms with van der Waals surface area (Å²) in [5.41, 5.74) is 0.255. The molecule has 1 aromatic carbocycles. The lowest BCUT2D eigenvalue weighted by molar-refractivity contribution is -0.858. The number of carbonyl (C=O) groups is 2. The highest BCUT2D eigenvalue weighted by atomic mass is 32.1. The van der Waals surface area contributed by atoms with Gasteiger partial charge in [0.1, 0.15) is 0 Å². The predicted molar refractivity (Wildman–Crippen MR) is 108 cm³/mol. The molecule has 1 aliphatic rings. The first-order valence-electron chi connectivity index (χ1n) is 9.17. The molecule has 3 rings (SSSR count). The van der Waals surface area contributed by atoms with Crippen molar-refractivity contribution in [1.82, 2.24) is 4.90 Å². The molecule has 0 saturated heterocycles. The Hall–Kier alpha value is -3.04. The van der Waals surface area contributed by atoms with Crippen LogP contribution in [-0.4, -0.2) is 53.8 Å². The number of carbonyl (C=O) groups excluding carboxylic acids is 2. The highest BCUT2D eigenvalue weighted by Gasteiger charge is 2.44. The van der Waals surface area contributed by atoms with Crippen LogP contribution in [0.4, 0.5) is 5.69 Å². The average Bonchev–Trinajstić information content (AvgIpc) is 3.30. The van der Waals surface area contributed by atoms with E-state index in [0.29, 0.717) is 23.4 Å². The number of nitrogens with one attached hydrogen (secondary N) is 1. The van der Waals surface area contributed by atoms with E-state index in [-0.39, 0.29) is 11.3 Å². The van der Waals surface area contributed by atoms with Crippen LogP contribution >= 0.6 is 11.3 Å². The second-order valence-corrected chi connectivity index (χ2v) is 8.08. The highest BCUT2D eigenvalue weighted by molar-refractivity contribution is 7.12. The lowest BCUT2D eigenvalue weighted by Crippen LogP contribution is -3.05. The molecule has 9 heteroatoms. The van der Waals surface area contributed by atoms with Crippen LogP contribution < -0.4 is 4.90 Å². The molecule has 0 aliphatic carbocycles. The van der Waals surface area contributed by atoms with Gasteiger partial charge in [-0.1, -0.05) is 18.2 Å². The summed E-state index contributed by atoms with van der Waals surface area (Å²) in [4.78, 5) is 39.6. The van der Waals surface area contributed by atoms with Gasteiger partial charge >= 0.3 is 0 Å². The molecule has 1 aliphatic heterocycles. The minimum absolute atomic E-state index is 0.0323. The second kappa shape index (κ2) is 8.54. The topological polar surface area (TPSA) is 105 Å². The summed E-state index contributed by atoms with van der Waals surface area (Å²) in [5, 5.41) is 23.5. The summed E-state index contributed by atoms with van der Waals surface area (Å²) in [6.45, 7) is 1.11. The van der Waals surface area contributed by atoms with Crippen LogP contribution in [0.25, 0.3) is 0 Å². The molecule has 0 bridgehead atoms. The fourth-order valence-electron chi connectivity index (χ4n) is 3.41. The van der Waals surface area contributed by atoms with Gasteiger partial charge in [0.05, 0.1) is 42.1 Å². The molecule has 29 heavy (non-hydrogen) atoms. The van der Waals surface area contributed by atoms with Crippen LogP contribution in [0.2, 0.25) is 0 Å². The molecule has 152 valence electrons. The number of benzene rings is 1. The number of ketones is 1. The van der Waals surface area contributed by atoms with Crippen molar-refractivity contribution in [2.45, 2.75) is 12.5 Å².